The Labute approximate surface area is 147 Å². The summed E-state index contributed by atoms with van der Waals surface area (Å²) in [6, 6.07) is 9.97. The van der Waals surface area contributed by atoms with Crippen molar-refractivity contribution in [2.24, 2.45) is 0 Å². The van der Waals surface area contributed by atoms with E-state index in [9.17, 15) is 22.7 Å². The molecule has 1 N–H and O–H groups in total. The Bertz CT molecular complexity index is 932. The van der Waals surface area contributed by atoms with E-state index >= 15 is 0 Å². The number of aliphatic carboxylic acids is 1. The van der Waals surface area contributed by atoms with E-state index in [1.54, 1.807) is 6.92 Å². The summed E-state index contributed by atoms with van der Waals surface area (Å²) in [5.41, 5.74) is 1.13. The van der Waals surface area contributed by atoms with Gasteiger partial charge in [-0.05, 0) is 63.8 Å². The zero-order valence-electron chi connectivity index (χ0n) is 12.9. The van der Waals surface area contributed by atoms with Crippen LogP contribution < -0.4 is 0 Å². The van der Waals surface area contributed by atoms with Gasteiger partial charge in [0.2, 0.25) is 0 Å². The van der Waals surface area contributed by atoms with E-state index in [1.807, 2.05) is 0 Å². The topological polar surface area (TPSA) is 71.4 Å². The van der Waals surface area contributed by atoms with Crippen LogP contribution in [-0.4, -0.2) is 25.7 Å². The fourth-order valence-electron chi connectivity index (χ4n) is 2.25. The molecule has 7 heteroatoms. The number of carboxylic acids is 1. The number of benzene rings is 2. The summed E-state index contributed by atoms with van der Waals surface area (Å²) in [6.45, 7) is 1.60. The van der Waals surface area contributed by atoms with Crippen LogP contribution in [-0.2, 0) is 14.6 Å². The minimum absolute atomic E-state index is 0.0477. The second-order valence-corrected chi connectivity index (χ2v) is 8.10. The van der Waals surface area contributed by atoms with Crippen molar-refractivity contribution < 1.29 is 22.7 Å². The van der Waals surface area contributed by atoms with Crippen LogP contribution in [0.3, 0.4) is 0 Å². The molecule has 0 saturated carbocycles. The van der Waals surface area contributed by atoms with E-state index in [-0.39, 0.29) is 20.5 Å². The molecule has 0 aliphatic carbocycles. The van der Waals surface area contributed by atoms with Crippen LogP contribution in [0.5, 0.6) is 0 Å². The van der Waals surface area contributed by atoms with Gasteiger partial charge in [-0.15, -0.1) is 0 Å². The van der Waals surface area contributed by atoms with Crippen LogP contribution in [0.2, 0.25) is 0 Å². The molecule has 0 fully saturated rings. The molecule has 0 aliphatic heterocycles. The predicted molar refractivity (Wildman–Crippen MR) is 93.8 cm³/mol. The lowest BCUT2D eigenvalue weighted by Crippen LogP contribution is -2.03. The van der Waals surface area contributed by atoms with E-state index in [1.165, 1.54) is 36.4 Å². The number of sulfone groups is 1. The average Bonchev–Trinajstić information content (AvgIpc) is 2.50. The molecule has 0 atom stereocenters. The Morgan fingerprint density at radius 3 is 2.08 bits per heavy atom. The highest BCUT2D eigenvalue weighted by Gasteiger charge is 2.17. The molecule has 0 saturated heterocycles. The first-order valence-electron chi connectivity index (χ1n) is 6.81. The SMILES string of the molecule is C/C(=C(\C(=O)O)c1ccc(Br)c(F)c1)c1ccc(S(C)(=O)=O)cc1. The van der Waals surface area contributed by atoms with Crippen LogP contribution in [0.4, 0.5) is 4.39 Å². The largest absolute Gasteiger partial charge is 0.478 e. The molecule has 4 nitrogen and oxygen atoms in total. The summed E-state index contributed by atoms with van der Waals surface area (Å²) in [7, 11) is -3.33. The van der Waals surface area contributed by atoms with Gasteiger partial charge in [0.25, 0.3) is 0 Å². The molecule has 2 aromatic carbocycles. The van der Waals surface area contributed by atoms with Gasteiger partial charge in [-0.2, -0.15) is 0 Å². The van der Waals surface area contributed by atoms with Crippen molar-refractivity contribution >= 4 is 42.9 Å². The number of halogens is 2. The Morgan fingerprint density at radius 2 is 1.62 bits per heavy atom. The highest BCUT2D eigenvalue weighted by atomic mass is 79.9. The summed E-state index contributed by atoms with van der Waals surface area (Å²) in [5, 5.41) is 9.51. The molecule has 0 bridgehead atoms. The maximum Gasteiger partial charge on any atom is 0.336 e. The van der Waals surface area contributed by atoms with Crippen LogP contribution in [0.25, 0.3) is 11.1 Å². The highest BCUT2D eigenvalue weighted by molar-refractivity contribution is 9.10. The summed E-state index contributed by atoms with van der Waals surface area (Å²) < 4.78 is 37.0. The maximum atomic E-state index is 13.7. The minimum atomic E-state index is -3.33. The Balaban J connectivity index is 2.59. The Hall–Kier alpha value is -1.99. The average molecular weight is 413 g/mol. The maximum absolute atomic E-state index is 13.7. The molecule has 0 spiro atoms. The number of allylic oxidation sites excluding steroid dienone is 1. The molecule has 0 aromatic heterocycles. The van der Waals surface area contributed by atoms with Gasteiger partial charge in [0.05, 0.1) is 14.9 Å². The van der Waals surface area contributed by atoms with Crippen molar-refractivity contribution in [3.8, 4) is 0 Å². The molecule has 2 rings (SSSR count). The fraction of sp³-hybridized carbons (Fsp3) is 0.118. The van der Waals surface area contributed by atoms with Gasteiger partial charge in [-0.1, -0.05) is 18.2 Å². The van der Waals surface area contributed by atoms with E-state index in [0.29, 0.717) is 11.1 Å². The van der Waals surface area contributed by atoms with Crippen LogP contribution in [0.1, 0.15) is 18.1 Å². The van der Waals surface area contributed by atoms with Gasteiger partial charge in [-0.3, -0.25) is 0 Å². The van der Waals surface area contributed by atoms with E-state index in [4.69, 9.17) is 0 Å². The molecular weight excluding hydrogens is 399 g/mol. The van der Waals surface area contributed by atoms with Gasteiger partial charge < -0.3 is 5.11 Å². The van der Waals surface area contributed by atoms with Crippen molar-refractivity contribution in [3.05, 3.63) is 63.9 Å². The molecule has 0 radical (unpaired) electrons. The molecule has 0 aliphatic rings. The summed E-state index contributed by atoms with van der Waals surface area (Å²) in [6.07, 6.45) is 1.10. The molecule has 0 amide bonds. The predicted octanol–water partition coefficient (Wildman–Crippen LogP) is 4.01. The molecule has 2 aromatic rings. The standard InChI is InChI=1S/C17H14BrFO4S/c1-10(11-3-6-13(7-4-11)24(2,22)23)16(17(20)21)12-5-8-14(18)15(19)9-12/h3-9H,1-2H3,(H,20,21)/b16-10+. The number of carboxylic acid groups (broad SMARTS) is 1. The highest BCUT2D eigenvalue weighted by Crippen LogP contribution is 2.29. The lowest BCUT2D eigenvalue weighted by atomic mass is 9.96. The van der Waals surface area contributed by atoms with Crippen LogP contribution in [0.15, 0.2) is 51.8 Å². The van der Waals surface area contributed by atoms with Gasteiger partial charge in [0.15, 0.2) is 9.84 Å². The van der Waals surface area contributed by atoms with E-state index in [2.05, 4.69) is 15.9 Å². The quantitative estimate of drug-likeness (QED) is 0.608. The minimum Gasteiger partial charge on any atom is -0.478 e. The molecule has 24 heavy (non-hydrogen) atoms. The Morgan fingerprint density at radius 1 is 1.08 bits per heavy atom. The lowest BCUT2D eigenvalue weighted by Gasteiger charge is -2.10. The third-order valence-electron chi connectivity index (χ3n) is 3.51. The molecular formula is C17H14BrFO4S. The van der Waals surface area contributed by atoms with Crippen molar-refractivity contribution in [1.82, 2.24) is 0 Å². The first kappa shape index (κ1) is 18.4. The second kappa shape index (κ2) is 6.86. The van der Waals surface area contributed by atoms with Crippen molar-refractivity contribution in [3.63, 3.8) is 0 Å². The first-order valence-corrected chi connectivity index (χ1v) is 9.50. The summed E-state index contributed by atoms with van der Waals surface area (Å²) in [5.74, 6) is -1.76. The lowest BCUT2D eigenvalue weighted by molar-refractivity contribution is -0.130. The fourth-order valence-corrected chi connectivity index (χ4v) is 3.13. The molecule has 0 unspecified atom stereocenters. The van der Waals surface area contributed by atoms with E-state index < -0.39 is 21.6 Å². The summed E-state index contributed by atoms with van der Waals surface area (Å²) >= 11 is 3.03. The van der Waals surface area contributed by atoms with Crippen LogP contribution in [0, 0.1) is 5.82 Å². The monoisotopic (exact) mass is 412 g/mol. The van der Waals surface area contributed by atoms with Gasteiger partial charge in [-0.25, -0.2) is 17.6 Å². The number of hydrogen-bond acceptors (Lipinski definition) is 3. The third-order valence-corrected chi connectivity index (χ3v) is 5.28. The Kier molecular flexibility index (Phi) is 5.25. The van der Waals surface area contributed by atoms with Crippen molar-refractivity contribution in [1.29, 1.82) is 0 Å². The number of rotatable bonds is 4. The first-order chi connectivity index (χ1) is 11.1. The zero-order chi connectivity index (χ0) is 18.1. The van der Waals surface area contributed by atoms with E-state index in [0.717, 1.165) is 12.3 Å². The molecule has 0 heterocycles. The van der Waals surface area contributed by atoms with Crippen molar-refractivity contribution in [2.45, 2.75) is 11.8 Å². The van der Waals surface area contributed by atoms with Gasteiger partial charge >= 0.3 is 5.97 Å². The van der Waals surface area contributed by atoms with Gasteiger partial charge in [0, 0.05) is 6.26 Å². The second-order valence-electron chi connectivity index (χ2n) is 5.23. The normalized spacial score (nSPS) is 12.7. The molecule has 126 valence electrons. The third kappa shape index (κ3) is 3.91. The zero-order valence-corrected chi connectivity index (χ0v) is 15.3. The van der Waals surface area contributed by atoms with Gasteiger partial charge in [0.1, 0.15) is 5.82 Å². The number of hydrogen-bond donors (Lipinski definition) is 1. The smallest absolute Gasteiger partial charge is 0.336 e. The summed E-state index contributed by atoms with van der Waals surface area (Å²) in [4.78, 5) is 11.8. The van der Waals surface area contributed by atoms with Crippen LogP contribution >= 0.6 is 15.9 Å². The number of carbonyl (C=O) groups is 1. The van der Waals surface area contributed by atoms with Crippen molar-refractivity contribution in [2.75, 3.05) is 6.26 Å².